The molecular weight excluding hydrogens is 269 g/mol. The van der Waals surface area contributed by atoms with Crippen LogP contribution in [-0.4, -0.2) is 15.6 Å². The van der Waals surface area contributed by atoms with Gasteiger partial charge in [0.15, 0.2) is 11.5 Å². The Hall–Kier alpha value is -2.11. The van der Waals surface area contributed by atoms with Crippen molar-refractivity contribution in [2.75, 3.05) is 0 Å². The Morgan fingerprint density at radius 2 is 1.95 bits per heavy atom. The van der Waals surface area contributed by atoms with Crippen molar-refractivity contribution in [1.82, 2.24) is 9.78 Å². The van der Waals surface area contributed by atoms with Crippen LogP contribution in [0.2, 0.25) is 0 Å². The smallest absolute Gasteiger partial charge is 0.294 e. The zero-order valence-corrected chi connectivity index (χ0v) is 11.0. The maximum atomic E-state index is 13.2. The van der Waals surface area contributed by atoms with E-state index in [4.69, 9.17) is 0 Å². The van der Waals surface area contributed by atoms with Crippen molar-refractivity contribution in [3.05, 3.63) is 47.3 Å². The summed E-state index contributed by atoms with van der Waals surface area (Å²) in [6, 6.07) is 6.70. The van der Waals surface area contributed by atoms with E-state index in [2.05, 4.69) is 5.10 Å². The van der Waals surface area contributed by atoms with Crippen LogP contribution in [0.25, 0.3) is 5.69 Å². The number of carbonyl (C=O) groups excluding carboxylic acids is 1. The van der Waals surface area contributed by atoms with Gasteiger partial charge in [0.05, 0.1) is 17.4 Å². The van der Waals surface area contributed by atoms with E-state index >= 15 is 0 Å². The highest BCUT2D eigenvalue weighted by atomic mass is 19.4. The molecule has 0 unspecified atom stereocenters. The first-order valence-electron chi connectivity index (χ1n) is 6.10. The fourth-order valence-corrected chi connectivity index (χ4v) is 2.08. The predicted octanol–water partition coefficient (Wildman–Crippen LogP) is 3.66. The first kappa shape index (κ1) is 14.3. The van der Waals surface area contributed by atoms with Crippen LogP contribution < -0.4 is 0 Å². The van der Waals surface area contributed by atoms with Gasteiger partial charge in [0, 0.05) is 0 Å². The molecule has 0 atom stereocenters. The minimum absolute atomic E-state index is 0.342. The topological polar surface area (TPSA) is 34.9 Å². The van der Waals surface area contributed by atoms with E-state index in [1.165, 1.54) is 0 Å². The molecule has 0 N–H and O–H groups in total. The number of ketones is 1. The van der Waals surface area contributed by atoms with Gasteiger partial charge in [-0.3, -0.25) is 4.79 Å². The van der Waals surface area contributed by atoms with E-state index in [0.717, 1.165) is 23.4 Å². The SMILES string of the molecule is CCc1ccccc1-n1ncc(C(C)=O)c1C(F)(F)F. The number of halogens is 3. The van der Waals surface area contributed by atoms with E-state index in [-0.39, 0.29) is 0 Å². The predicted molar refractivity (Wildman–Crippen MR) is 67.9 cm³/mol. The van der Waals surface area contributed by atoms with Gasteiger partial charge in [0.25, 0.3) is 0 Å². The molecule has 106 valence electrons. The summed E-state index contributed by atoms with van der Waals surface area (Å²) in [7, 11) is 0. The number of alkyl halides is 3. The van der Waals surface area contributed by atoms with Gasteiger partial charge < -0.3 is 0 Å². The maximum Gasteiger partial charge on any atom is 0.434 e. The van der Waals surface area contributed by atoms with E-state index in [1.807, 2.05) is 6.92 Å². The first-order valence-corrected chi connectivity index (χ1v) is 6.10. The Kier molecular flexibility index (Phi) is 3.65. The van der Waals surface area contributed by atoms with Gasteiger partial charge in [-0.1, -0.05) is 25.1 Å². The summed E-state index contributed by atoms with van der Waals surface area (Å²) < 4.78 is 40.4. The Balaban J connectivity index is 2.72. The lowest BCUT2D eigenvalue weighted by Crippen LogP contribution is -2.17. The van der Waals surface area contributed by atoms with Gasteiger partial charge in [-0.15, -0.1) is 0 Å². The molecule has 3 nitrogen and oxygen atoms in total. The highest BCUT2D eigenvalue weighted by Gasteiger charge is 2.39. The third kappa shape index (κ3) is 2.45. The number of aryl methyl sites for hydroxylation is 1. The Bertz CT molecular complexity index is 644. The molecule has 1 aromatic heterocycles. The van der Waals surface area contributed by atoms with Crippen LogP contribution in [0, 0.1) is 0 Å². The fraction of sp³-hybridized carbons (Fsp3) is 0.286. The van der Waals surface area contributed by atoms with Crippen molar-refractivity contribution in [1.29, 1.82) is 0 Å². The molecule has 2 aromatic rings. The number of Topliss-reactive ketones (excluding diaryl/α,β-unsaturated/α-hetero) is 1. The average molecular weight is 282 g/mol. The molecule has 0 aliphatic rings. The summed E-state index contributed by atoms with van der Waals surface area (Å²) in [4.78, 5) is 11.4. The number of hydrogen-bond donors (Lipinski definition) is 0. The van der Waals surface area contributed by atoms with E-state index in [1.54, 1.807) is 24.3 Å². The molecule has 20 heavy (non-hydrogen) atoms. The fourth-order valence-electron chi connectivity index (χ4n) is 2.08. The van der Waals surface area contributed by atoms with Crippen molar-refractivity contribution in [2.45, 2.75) is 26.4 Å². The minimum atomic E-state index is -4.64. The number of nitrogens with zero attached hydrogens (tertiary/aromatic N) is 2. The zero-order valence-electron chi connectivity index (χ0n) is 11.0. The van der Waals surface area contributed by atoms with Gasteiger partial charge in [-0.2, -0.15) is 18.3 Å². The summed E-state index contributed by atoms with van der Waals surface area (Å²) in [5.41, 5.74) is -0.361. The van der Waals surface area contributed by atoms with Crippen molar-refractivity contribution >= 4 is 5.78 Å². The molecule has 0 saturated heterocycles. The van der Waals surface area contributed by atoms with Crippen molar-refractivity contribution in [2.24, 2.45) is 0 Å². The third-order valence-corrected chi connectivity index (χ3v) is 3.02. The lowest BCUT2D eigenvalue weighted by Gasteiger charge is -2.14. The second kappa shape index (κ2) is 5.11. The van der Waals surface area contributed by atoms with Gasteiger partial charge in [0.2, 0.25) is 0 Å². The normalized spacial score (nSPS) is 11.7. The lowest BCUT2D eigenvalue weighted by atomic mass is 10.1. The molecule has 6 heteroatoms. The number of hydrogen-bond acceptors (Lipinski definition) is 2. The highest BCUT2D eigenvalue weighted by Crippen LogP contribution is 2.34. The van der Waals surface area contributed by atoms with E-state index in [9.17, 15) is 18.0 Å². The Labute approximate surface area is 114 Å². The van der Waals surface area contributed by atoms with Crippen molar-refractivity contribution in [3.63, 3.8) is 0 Å². The summed E-state index contributed by atoms with van der Waals surface area (Å²) in [6.07, 6.45) is -3.10. The largest absolute Gasteiger partial charge is 0.434 e. The number of benzene rings is 1. The van der Waals surface area contributed by atoms with Crippen LogP contribution in [0.4, 0.5) is 13.2 Å². The van der Waals surface area contributed by atoms with Crippen LogP contribution in [0.5, 0.6) is 0 Å². The quantitative estimate of drug-likeness (QED) is 0.805. The molecule has 1 heterocycles. The molecule has 0 spiro atoms. The van der Waals surface area contributed by atoms with E-state index < -0.39 is 23.2 Å². The Morgan fingerprint density at radius 3 is 2.50 bits per heavy atom. The van der Waals surface area contributed by atoms with Gasteiger partial charge in [-0.25, -0.2) is 4.68 Å². The summed E-state index contributed by atoms with van der Waals surface area (Å²) in [6.45, 7) is 2.95. The summed E-state index contributed by atoms with van der Waals surface area (Å²) >= 11 is 0. The molecule has 0 fully saturated rings. The number of aromatic nitrogens is 2. The van der Waals surface area contributed by atoms with Gasteiger partial charge >= 0.3 is 6.18 Å². The number of carbonyl (C=O) groups is 1. The minimum Gasteiger partial charge on any atom is -0.294 e. The second-order valence-electron chi connectivity index (χ2n) is 4.35. The van der Waals surface area contributed by atoms with Crippen LogP contribution in [0.3, 0.4) is 0 Å². The third-order valence-electron chi connectivity index (χ3n) is 3.02. The van der Waals surface area contributed by atoms with Crippen LogP contribution in [0.15, 0.2) is 30.5 Å². The molecule has 0 radical (unpaired) electrons. The standard InChI is InChI=1S/C14H13F3N2O/c1-3-10-6-4-5-7-12(10)19-13(14(15,16)17)11(8-18-19)9(2)20/h4-8H,3H2,1-2H3. The Morgan fingerprint density at radius 1 is 1.30 bits per heavy atom. The monoisotopic (exact) mass is 282 g/mol. The molecule has 0 saturated carbocycles. The summed E-state index contributed by atoms with van der Waals surface area (Å²) in [5.74, 6) is -0.655. The molecule has 1 aromatic carbocycles. The van der Waals surface area contributed by atoms with Crippen LogP contribution >= 0.6 is 0 Å². The molecule has 2 rings (SSSR count). The van der Waals surface area contributed by atoms with Crippen molar-refractivity contribution in [3.8, 4) is 5.69 Å². The van der Waals surface area contributed by atoms with Crippen LogP contribution in [-0.2, 0) is 12.6 Å². The van der Waals surface area contributed by atoms with Gasteiger partial charge in [-0.05, 0) is 25.0 Å². The lowest BCUT2D eigenvalue weighted by molar-refractivity contribution is -0.143. The maximum absolute atomic E-state index is 13.2. The highest BCUT2D eigenvalue weighted by molar-refractivity contribution is 5.95. The molecule has 0 bridgehead atoms. The second-order valence-corrected chi connectivity index (χ2v) is 4.35. The van der Waals surface area contributed by atoms with Crippen molar-refractivity contribution < 1.29 is 18.0 Å². The molecule has 0 amide bonds. The average Bonchev–Trinajstić information content (AvgIpc) is 2.83. The molecule has 0 aliphatic heterocycles. The number of rotatable bonds is 3. The summed E-state index contributed by atoms with van der Waals surface area (Å²) in [5, 5.41) is 3.76. The molecular formula is C14H13F3N2O. The first-order chi connectivity index (χ1) is 9.36. The zero-order chi connectivity index (χ0) is 14.9. The van der Waals surface area contributed by atoms with E-state index in [0.29, 0.717) is 12.1 Å². The molecule has 0 aliphatic carbocycles. The van der Waals surface area contributed by atoms with Crippen LogP contribution in [0.1, 0.15) is 35.5 Å². The van der Waals surface area contributed by atoms with Gasteiger partial charge in [0.1, 0.15) is 0 Å². The number of para-hydroxylation sites is 1.